The van der Waals surface area contributed by atoms with E-state index in [1.165, 1.54) is 18.5 Å². The van der Waals surface area contributed by atoms with E-state index in [4.69, 9.17) is 4.74 Å². The normalized spacial score (nSPS) is 15.6. The molecule has 140 valence electrons. The van der Waals surface area contributed by atoms with Gasteiger partial charge in [-0.2, -0.15) is 5.10 Å². The van der Waals surface area contributed by atoms with Crippen molar-refractivity contribution < 1.29 is 9.53 Å². The Bertz CT molecular complexity index is 768. The number of amides is 1. The number of benzene rings is 1. The summed E-state index contributed by atoms with van der Waals surface area (Å²) in [5.74, 6) is 1.25. The molecule has 0 saturated heterocycles. The van der Waals surface area contributed by atoms with Crippen LogP contribution < -0.4 is 10.1 Å². The summed E-state index contributed by atoms with van der Waals surface area (Å²) in [4.78, 5) is 12.8. The number of aromatic nitrogens is 2. The van der Waals surface area contributed by atoms with Gasteiger partial charge in [0.1, 0.15) is 11.4 Å². The van der Waals surface area contributed by atoms with Gasteiger partial charge >= 0.3 is 0 Å². The molecule has 1 amide bonds. The van der Waals surface area contributed by atoms with Gasteiger partial charge in [-0.15, -0.1) is 0 Å². The molecule has 0 aliphatic heterocycles. The second-order valence-corrected chi connectivity index (χ2v) is 8.02. The van der Waals surface area contributed by atoms with E-state index in [0.717, 1.165) is 17.7 Å². The van der Waals surface area contributed by atoms with E-state index >= 15 is 0 Å². The Balaban J connectivity index is 1.79. The van der Waals surface area contributed by atoms with Crippen LogP contribution in [0.2, 0.25) is 0 Å². The van der Waals surface area contributed by atoms with Gasteiger partial charge in [-0.25, -0.2) is 0 Å². The zero-order chi connectivity index (χ0) is 18.9. The Labute approximate surface area is 155 Å². The van der Waals surface area contributed by atoms with Crippen LogP contribution in [0.4, 0.5) is 0 Å². The minimum absolute atomic E-state index is 0.0439. The van der Waals surface area contributed by atoms with Crippen molar-refractivity contribution in [2.45, 2.75) is 64.5 Å². The van der Waals surface area contributed by atoms with Crippen molar-refractivity contribution in [1.29, 1.82) is 0 Å². The van der Waals surface area contributed by atoms with Gasteiger partial charge in [-0.3, -0.25) is 9.48 Å². The molecule has 5 nitrogen and oxygen atoms in total. The maximum Gasteiger partial charge on any atom is 0.272 e. The van der Waals surface area contributed by atoms with Gasteiger partial charge in [0, 0.05) is 11.6 Å². The summed E-state index contributed by atoms with van der Waals surface area (Å²) in [7, 11) is 1.65. The molecule has 1 saturated carbocycles. The lowest BCUT2D eigenvalue weighted by Crippen LogP contribution is -2.29. The van der Waals surface area contributed by atoms with Gasteiger partial charge in [-0.1, -0.05) is 19.1 Å². The number of rotatable bonds is 6. The largest absolute Gasteiger partial charge is 0.497 e. The summed E-state index contributed by atoms with van der Waals surface area (Å²) >= 11 is 0. The molecule has 0 bridgehead atoms. The number of hydrogen-bond acceptors (Lipinski definition) is 3. The van der Waals surface area contributed by atoms with Crippen LogP contribution in [-0.4, -0.2) is 22.8 Å². The molecule has 5 heteroatoms. The van der Waals surface area contributed by atoms with Crippen molar-refractivity contribution in [2.24, 2.45) is 0 Å². The van der Waals surface area contributed by atoms with Crippen LogP contribution >= 0.6 is 0 Å². The Morgan fingerprint density at radius 2 is 1.96 bits per heavy atom. The van der Waals surface area contributed by atoms with Crippen LogP contribution in [0.5, 0.6) is 5.75 Å². The van der Waals surface area contributed by atoms with Gasteiger partial charge in [0.2, 0.25) is 0 Å². The second-order valence-electron chi connectivity index (χ2n) is 8.02. The van der Waals surface area contributed by atoms with Crippen molar-refractivity contribution in [3.8, 4) is 5.75 Å². The fraction of sp³-hybridized carbons (Fsp3) is 0.524. The Hall–Kier alpha value is -2.30. The molecular formula is C21H29N3O2. The Morgan fingerprint density at radius 1 is 1.31 bits per heavy atom. The number of carbonyl (C=O) groups is 1. The minimum Gasteiger partial charge on any atom is -0.497 e. The number of ether oxygens (including phenoxy) is 1. The average Bonchev–Trinajstić information content (AvgIpc) is 3.36. The van der Waals surface area contributed by atoms with Crippen LogP contribution in [0.1, 0.15) is 80.7 Å². The van der Waals surface area contributed by atoms with Gasteiger partial charge in [0.25, 0.3) is 5.91 Å². The number of methoxy groups -OCH3 is 1. The van der Waals surface area contributed by atoms with Crippen LogP contribution in [0.15, 0.2) is 30.3 Å². The van der Waals surface area contributed by atoms with E-state index in [0.29, 0.717) is 11.6 Å². The van der Waals surface area contributed by atoms with Gasteiger partial charge in [0.15, 0.2) is 0 Å². The van der Waals surface area contributed by atoms with Crippen molar-refractivity contribution in [2.75, 3.05) is 7.11 Å². The predicted octanol–water partition coefficient (Wildman–Crippen LogP) is 4.41. The van der Waals surface area contributed by atoms with E-state index < -0.39 is 0 Å². The van der Waals surface area contributed by atoms with E-state index in [1.54, 1.807) is 7.11 Å². The lowest BCUT2D eigenvalue weighted by molar-refractivity contribution is 0.0929. The molecule has 1 atom stereocenters. The summed E-state index contributed by atoms with van der Waals surface area (Å²) in [6.07, 6.45) is 3.19. The van der Waals surface area contributed by atoms with Crippen LogP contribution in [0.3, 0.4) is 0 Å². The number of nitrogens with one attached hydrogen (secondary N) is 1. The summed E-state index contributed by atoms with van der Waals surface area (Å²) in [5, 5.41) is 7.77. The fourth-order valence-corrected chi connectivity index (χ4v) is 3.20. The topological polar surface area (TPSA) is 56.2 Å². The maximum atomic E-state index is 12.8. The molecule has 3 rings (SSSR count). The monoisotopic (exact) mass is 355 g/mol. The molecule has 1 N–H and O–H groups in total. The summed E-state index contributed by atoms with van der Waals surface area (Å²) in [6, 6.07) is 9.76. The highest BCUT2D eigenvalue weighted by atomic mass is 16.5. The van der Waals surface area contributed by atoms with Crippen LogP contribution in [-0.2, 0) is 5.54 Å². The third-order valence-corrected chi connectivity index (χ3v) is 4.83. The van der Waals surface area contributed by atoms with E-state index in [1.807, 2.05) is 35.0 Å². The van der Waals surface area contributed by atoms with Crippen molar-refractivity contribution in [3.05, 3.63) is 47.3 Å². The number of nitrogens with zero attached hydrogens (tertiary/aromatic N) is 2. The average molecular weight is 355 g/mol. The lowest BCUT2D eigenvalue weighted by atomic mass is 10.0. The van der Waals surface area contributed by atoms with E-state index in [-0.39, 0.29) is 17.5 Å². The summed E-state index contributed by atoms with van der Waals surface area (Å²) in [6.45, 7) is 8.44. The zero-order valence-electron chi connectivity index (χ0n) is 16.4. The van der Waals surface area contributed by atoms with Crippen molar-refractivity contribution in [3.63, 3.8) is 0 Å². The first kappa shape index (κ1) is 18.5. The first-order chi connectivity index (χ1) is 12.3. The molecular weight excluding hydrogens is 326 g/mol. The maximum absolute atomic E-state index is 12.8. The number of hydrogen-bond donors (Lipinski definition) is 1. The van der Waals surface area contributed by atoms with E-state index in [2.05, 4.69) is 38.1 Å². The molecule has 2 aromatic rings. The summed E-state index contributed by atoms with van der Waals surface area (Å²) < 4.78 is 7.23. The minimum atomic E-state index is -0.128. The standard InChI is InChI=1S/C21H29N3O2/c1-6-17(14-9-11-16(26-5)12-10-14)22-20(25)18-13-19(15-7-8-15)24(23-18)21(2,3)4/h9-13,15,17H,6-8H2,1-5H3,(H,22,25). The van der Waals surface area contributed by atoms with Crippen LogP contribution in [0.25, 0.3) is 0 Å². The Kier molecular flexibility index (Phi) is 5.08. The Morgan fingerprint density at radius 3 is 2.46 bits per heavy atom. The van der Waals surface area contributed by atoms with E-state index in [9.17, 15) is 4.79 Å². The summed E-state index contributed by atoms with van der Waals surface area (Å²) in [5.41, 5.74) is 2.63. The third kappa shape index (κ3) is 3.92. The first-order valence-corrected chi connectivity index (χ1v) is 9.38. The zero-order valence-corrected chi connectivity index (χ0v) is 16.4. The molecule has 1 fully saturated rings. The highest BCUT2D eigenvalue weighted by Crippen LogP contribution is 2.41. The second kappa shape index (κ2) is 7.14. The molecule has 1 aliphatic rings. The first-order valence-electron chi connectivity index (χ1n) is 9.38. The van der Waals surface area contributed by atoms with Crippen LogP contribution in [0, 0.1) is 0 Å². The van der Waals surface area contributed by atoms with Gasteiger partial charge in [0.05, 0.1) is 18.7 Å². The highest BCUT2D eigenvalue weighted by molar-refractivity contribution is 5.92. The fourth-order valence-electron chi connectivity index (χ4n) is 3.20. The lowest BCUT2D eigenvalue weighted by Gasteiger charge is -2.22. The molecule has 0 radical (unpaired) electrons. The molecule has 1 unspecified atom stereocenters. The molecule has 1 aromatic heterocycles. The molecule has 26 heavy (non-hydrogen) atoms. The SMILES string of the molecule is CCC(NC(=O)c1cc(C2CC2)n(C(C)(C)C)n1)c1ccc(OC)cc1. The molecule has 1 aromatic carbocycles. The van der Waals surface area contributed by atoms with Gasteiger partial charge < -0.3 is 10.1 Å². The molecule has 1 heterocycles. The van der Waals surface area contributed by atoms with Crippen molar-refractivity contribution >= 4 is 5.91 Å². The third-order valence-electron chi connectivity index (χ3n) is 4.83. The number of carbonyl (C=O) groups excluding carboxylic acids is 1. The smallest absolute Gasteiger partial charge is 0.272 e. The van der Waals surface area contributed by atoms with Crippen molar-refractivity contribution in [1.82, 2.24) is 15.1 Å². The predicted molar refractivity (Wildman–Crippen MR) is 103 cm³/mol. The quantitative estimate of drug-likeness (QED) is 0.835. The molecule has 0 spiro atoms. The highest BCUT2D eigenvalue weighted by Gasteiger charge is 2.32. The van der Waals surface area contributed by atoms with Gasteiger partial charge in [-0.05, 0) is 63.8 Å². The molecule has 1 aliphatic carbocycles.